The number of piperidine rings is 1. The number of benzene rings is 1. The Morgan fingerprint density at radius 2 is 1.94 bits per heavy atom. The number of rotatable bonds is 8. The topological polar surface area (TPSA) is 119 Å². The molecule has 0 bridgehead atoms. The van der Waals surface area contributed by atoms with Crippen molar-refractivity contribution >= 4 is 29.0 Å². The van der Waals surface area contributed by atoms with Crippen molar-refractivity contribution in [3.8, 4) is 0 Å². The minimum absolute atomic E-state index is 0.00244. The number of nitrogens with two attached hydrogens (primary N) is 1. The fourth-order valence-corrected chi connectivity index (χ4v) is 4.68. The van der Waals surface area contributed by atoms with Crippen molar-refractivity contribution in [3.63, 3.8) is 0 Å². The predicted molar refractivity (Wildman–Crippen MR) is 130 cm³/mol. The minimum Gasteiger partial charge on any atom is -0.364 e. The van der Waals surface area contributed by atoms with Crippen LogP contribution in [0.4, 0.5) is 26.1 Å². The van der Waals surface area contributed by atoms with Crippen LogP contribution in [0.25, 0.3) is 0 Å². The number of hydrogen-bond donors (Lipinski definition) is 2. The summed E-state index contributed by atoms with van der Waals surface area (Å²) in [6.07, 6.45) is 6.39. The highest BCUT2D eigenvalue weighted by Gasteiger charge is 2.41. The number of nitrogens with one attached hydrogen (secondary N) is 1. The van der Waals surface area contributed by atoms with Gasteiger partial charge in [0.15, 0.2) is 17.3 Å². The maximum atomic E-state index is 14.7. The summed E-state index contributed by atoms with van der Waals surface area (Å²) in [4.78, 5) is 34.6. The molecular formula is C25H27F2N7O2. The van der Waals surface area contributed by atoms with Crippen LogP contribution in [-0.4, -0.2) is 50.5 Å². The van der Waals surface area contributed by atoms with Crippen molar-refractivity contribution in [2.45, 2.75) is 37.5 Å². The molecule has 0 spiro atoms. The van der Waals surface area contributed by atoms with E-state index >= 15 is 0 Å². The van der Waals surface area contributed by atoms with E-state index in [-0.39, 0.29) is 42.5 Å². The summed E-state index contributed by atoms with van der Waals surface area (Å²) in [6.45, 7) is -0.358. The molecule has 1 atom stereocenters. The van der Waals surface area contributed by atoms with Crippen LogP contribution in [0.15, 0.2) is 42.9 Å². The van der Waals surface area contributed by atoms with Crippen molar-refractivity contribution < 1.29 is 18.4 Å². The van der Waals surface area contributed by atoms with Gasteiger partial charge >= 0.3 is 0 Å². The molecule has 1 saturated carbocycles. The number of hydrogen-bond acceptors (Lipinski definition) is 7. The van der Waals surface area contributed by atoms with Crippen LogP contribution in [0.3, 0.4) is 0 Å². The number of primary amides is 1. The van der Waals surface area contributed by atoms with E-state index in [0.717, 1.165) is 0 Å². The van der Waals surface area contributed by atoms with Crippen molar-refractivity contribution in [2.24, 2.45) is 18.7 Å². The van der Waals surface area contributed by atoms with Crippen LogP contribution >= 0.6 is 0 Å². The molecule has 1 aliphatic carbocycles. The minimum atomic E-state index is -3.01. The van der Waals surface area contributed by atoms with E-state index in [2.05, 4.69) is 20.4 Å². The van der Waals surface area contributed by atoms with E-state index in [4.69, 9.17) is 5.73 Å². The lowest BCUT2D eigenvalue weighted by Crippen LogP contribution is -2.48. The maximum absolute atomic E-state index is 14.7. The molecule has 11 heteroatoms. The highest BCUT2D eigenvalue weighted by molar-refractivity contribution is 5.97. The molecule has 1 saturated heterocycles. The van der Waals surface area contributed by atoms with Crippen molar-refractivity contribution in [1.82, 2.24) is 19.7 Å². The fraction of sp³-hybridized carbons (Fsp3) is 0.400. The molecule has 1 amide bonds. The average Bonchev–Trinajstić information content (AvgIpc) is 3.60. The second-order valence-corrected chi connectivity index (χ2v) is 9.65. The standard InChI is InChI=1S/C25H27F2N7O2/c1-33-13-19(10-30-33)31-24-22(23(28)36)29-11-21(32-24)34-12-15(9-25(26,27)14-34)8-20(35)18-6-4-17(5-7-18)16-2-3-16/h4-7,10-11,13,15-16H,2-3,8-9,12,14H2,1H3,(H2,28,36)(H,31,32)/t15-/m0/s1. The van der Waals surface area contributed by atoms with E-state index in [1.165, 1.54) is 35.7 Å². The number of halogens is 2. The van der Waals surface area contributed by atoms with Crippen LogP contribution in [0, 0.1) is 5.92 Å². The summed E-state index contributed by atoms with van der Waals surface area (Å²) < 4.78 is 31.0. The predicted octanol–water partition coefficient (Wildman–Crippen LogP) is 3.66. The molecule has 1 aromatic carbocycles. The normalized spacial score (nSPS) is 19.2. The second kappa shape index (κ2) is 9.29. The summed E-state index contributed by atoms with van der Waals surface area (Å²) >= 11 is 0. The zero-order chi connectivity index (χ0) is 25.4. The van der Waals surface area contributed by atoms with E-state index in [0.29, 0.717) is 17.2 Å². The van der Waals surface area contributed by atoms with Crippen LogP contribution in [0.5, 0.6) is 0 Å². The zero-order valence-corrected chi connectivity index (χ0v) is 19.8. The Morgan fingerprint density at radius 3 is 2.58 bits per heavy atom. The Hall–Kier alpha value is -3.89. The van der Waals surface area contributed by atoms with E-state index in [1.807, 2.05) is 12.1 Å². The number of ketones is 1. The average molecular weight is 496 g/mol. The Bertz CT molecular complexity index is 1290. The van der Waals surface area contributed by atoms with E-state index < -0.39 is 24.3 Å². The molecule has 1 aliphatic heterocycles. The summed E-state index contributed by atoms with van der Waals surface area (Å²) in [7, 11) is 1.72. The molecule has 2 aromatic heterocycles. The van der Waals surface area contributed by atoms with Gasteiger partial charge in [0.05, 0.1) is 24.6 Å². The number of aromatic nitrogens is 4. The first-order chi connectivity index (χ1) is 17.2. The number of Topliss-reactive ketones (excluding diaryl/α,β-unsaturated/α-hetero) is 1. The first-order valence-corrected chi connectivity index (χ1v) is 11.9. The first-order valence-electron chi connectivity index (χ1n) is 11.9. The molecule has 2 fully saturated rings. The Balaban J connectivity index is 1.34. The van der Waals surface area contributed by atoms with Gasteiger partial charge in [-0.05, 0) is 30.2 Å². The van der Waals surface area contributed by atoms with Crippen molar-refractivity contribution in [1.29, 1.82) is 0 Å². The molecule has 0 unspecified atom stereocenters. The molecule has 2 aliphatic rings. The third-order valence-electron chi connectivity index (χ3n) is 6.53. The monoisotopic (exact) mass is 495 g/mol. The lowest BCUT2D eigenvalue weighted by Gasteiger charge is -2.38. The van der Waals surface area contributed by atoms with Gasteiger partial charge in [0.1, 0.15) is 5.82 Å². The number of amides is 1. The van der Waals surface area contributed by atoms with Crippen molar-refractivity contribution in [3.05, 3.63) is 59.7 Å². The Kier molecular flexibility index (Phi) is 6.15. The summed E-state index contributed by atoms with van der Waals surface area (Å²) in [5, 5.41) is 6.98. The molecule has 3 N–H and O–H groups in total. The molecule has 0 radical (unpaired) electrons. The van der Waals surface area contributed by atoms with Gasteiger partial charge in [-0.25, -0.2) is 18.7 Å². The van der Waals surface area contributed by atoms with Crippen LogP contribution in [0.1, 0.15) is 58.0 Å². The number of carbonyl (C=O) groups is 2. The fourth-order valence-electron chi connectivity index (χ4n) is 4.68. The lowest BCUT2D eigenvalue weighted by molar-refractivity contribution is -0.0293. The number of aryl methyl sites for hydroxylation is 1. The highest BCUT2D eigenvalue weighted by atomic mass is 19.3. The molecule has 188 valence electrons. The third kappa shape index (κ3) is 5.34. The van der Waals surface area contributed by atoms with Gasteiger partial charge in [0, 0.05) is 38.2 Å². The summed E-state index contributed by atoms with van der Waals surface area (Å²) in [5.41, 5.74) is 7.60. The van der Waals surface area contributed by atoms with Gasteiger partial charge in [0.2, 0.25) is 0 Å². The molecular weight excluding hydrogens is 468 g/mol. The number of nitrogens with zero attached hydrogens (tertiary/aromatic N) is 5. The molecule has 3 heterocycles. The lowest BCUT2D eigenvalue weighted by atomic mass is 9.89. The van der Waals surface area contributed by atoms with Gasteiger partial charge in [0.25, 0.3) is 11.8 Å². The Morgan fingerprint density at radius 1 is 1.19 bits per heavy atom. The van der Waals surface area contributed by atoms with Gasteiger partial charge < -0.3 is 16.0 Å². The summed E-state index contributed by atoms with van der Waals surface area (Å²) in [6, 6.07) is 7.50. The molecule has 9 nitrogen and oxygen atoms in total. The smallest absolute Gasteiger partial charge is 0.271 e. The van der Waals surface area contributed by atoms with Gasteiger partial charge in [-0.1, -0.05) is 24.3 Å². The third-order valence-corrected chi connectivity index (χ3v) is 6.53. The number of alkyl halides is 2. The number of carbonyl (C=O) groups excluding carboxylic acids is 2. The second-order valence-electron chi connectivity index (χ2n) is 9.65. The van der Waals surface area contributed by atoms with Crippen LogP contribution in [0.2, 0.25) is 0 Å². The Labute approximate surface area is 206 Å². The van der Waals surface area contributed by atoms with Crippen molar-refractivity contribution in [2.75, 3.05) is 23.3 Å². The summed E-state index contributed by atoms with van der Waals surface area (Å²) in [5.74, 6) is -3.76. The maximum Gasteiger partial charge on any atom is 0.271 e. The molecule has 5 rings (SSSR count). The molecule has 3 aromatic rings. The quantitative estimate of drug-likeness (QED) is 0.458. The zero-order valence-electron chi connectivity index (χ0n) is 19.8. The van der Waals surface area contributed by atoms with Crippen LogP contribution < -0.4 is 16.0 Å². The highest BCUT2D eigenvalue weighted by Crippen LogP contribution is 2.40. The molecule has 36 heavy (non-hydrogen) atoms. The SMILES string of the molecule is Cn1cc(Nc2nc(N3C[C@@H](CC(=O)c4ccc(C5CC5)cc4)CC(F)(F)C3)cnc2C(N)=O)cn1. The number of anilines is 3. The van der Waals surface area contributed by atoms with Gasteiger partial charge in [-0.3, -0.25) is 14.3 Å². The largest absolute Gasteiger partial charge is 0.364 e. The van der Waals surface area contributed by atoms with Crippen LogP contribution in [-0.2, 0) is 7.05 Å². The van der Waals surface area contributed by atoms with E-state index in [9.17, 15) is 18.4 Å². The van der Waals surface area contributed by atoms with Gasteiger partial charge in [-0.2, -0.15) is 5.10 Å². The first kappa shape index (κ1) is 23.8. The van der Waals surface area contributed by atoms with E-state index in [1.54, 1.807) is 30.1 Å². The van der Waals surface area contributed by atoms with Gasteiger partial charge in [-0.15, -0.1) is 0 Å².